The molecule has 0 bridgehead atoms. The zero-order valence-corrected chi connectivity index (χ0v) is 27.4. The topological polar surface area (TPSA) is 104 Å². The third-order valence-corrected chi connectivity index (χ3v) is 10.5. The van der Waals surface area contributed by atoms with Gasteiger partial charge in [0.05, 0.1) is 13.2 Å². The smallest absolute Gasteiger partial charge is 0.244 e. The number of nitrogens with zero attached hydrogens (tertiary/aromatic N) is 2. The molecule has 44 heavy (non-hydrogen) atoms. The highest BCUT2D eigenvalue weighted by Crippen LogP contribution is 2.38. The van der Waals surface area contributed by atoms with Crippen molar-refractivity contribution in [1.82, 2.24) is 19.9 Å². The summed E-state index contributed by atoms with van der Waals surface area (Å²) in [6, 6.07) is 19.8. The number of pyridine rings is 1. The second-order valence-electron chi connectivity index (χ2n) is 11.9. The molecule has 240 valence electrons. The fraction of sp³-hybridized carbons (Fsp3) is 0.514. The molecule has 0 unspecified atom stereocenters. The van der Waals surface area contributed by atoms with Crippen LogP contribution >= 0.6 is 0 Å². The van der Waals surface area contributed by atoms with Crippen LogP contribution < -0.4 is 15.4 Å². The molecule has 3 N–H and O–H groups in total. The maximum atomic E-state index is 13.4. The fourth-order valence-electron chi connectivity index (χ4n) is 6.25. The van der Waals surface area contributed by atoms with E-state index in [9.17, 15) is 13.5 Å². The van der Waals surface area contributed by atoms with E-state index in [1.54, 1.807) is 19.4 Å². The van der Waals surface area contributed by atoms with Crippen LogP contribution in [-0.4, -0.2) is 61.7 Å². The molecule has 0 radical (unpaired) electrons. The normalized spacial score (nSPS) is 16.5. The molecule has 1 fully saturated rings. The van der Waals surface area contributed by atoms with Gasteiger partial charge in [-0.1, -0.05) is 75.6 Å². The van der Waals surface area contributed by atoms with Crippen LogP contribution in [0.2, 0.25) is 0 Å². The Morgan fingerprint density at radius 1 is 0.955 bits per heavy atom. The Bertz CT molecular complexity index is 1390. The highest BCUT2D eigenvalue weighted by Gasteiger charge is 2.35. The Labute approximate surface area is 264 Å². The van der Waals surface area contributed by atoms with Crippen molar-refractivity contribution in [3.63, 3.8) is 0 Å². The lowest BCUT2D eigenvalue weighted by Crippen LogP contribution is -2.52. The lowest BCUT2D eigenvalue weighted by Gasteiger charge is -2.40. The molecule has 1 aliphatic carbocycles. The number of hydrogen-bond donors (Lipinski definition) is 3. The van der Waals surface area contributed by atoms with Crippen LogP contribution in [0.5, 0.6) is 5.75 Å². The molecular weight excluding hydrogens is 572 g/mol. The molecule has 4 rings (SSSR count). The second kappa shape index (κ2) is 16.5. The molecule has 1 aliphatic rings. The number of rotatable bonds is 17. The number of benzene rings is 2. The summed E-state index contributed by atoms with van der Waals surface area (Å²) in [5.41, 5.74) is 2.85. The number of aliphatic hydroxyl groups excluding tert-OH is 1. The van der Waals surface area contributed by atoms with Gasteiger partial charge in [-0.15, -0.1) is 0 Å². The monoisotopic (exact) mass is 622 g/mol. The molecule has 1 heterocycles. The van der Waals surface area contributed by atoms with Gasteiger partial charge in [-0.3, -0.25) is 4.98 Å². The number of aliphatic hydroxyl groups is 1. The molecule has 0 saturated heterocycles. The van der Waals surface area contributed by atoms with E-state index in [0.29, 0.717) is 32.6 Å². The largest absolute Gasteiger partial charge is 0.497 e. The number of aromatic nitrogens is 1. The van der Waals surface area contributed by atoms with Crippen LogP contribution in [0.3, 0.4) is 0 Å². The second-order valence-corrected chi connectivity index (χ2v) is 13.9. The van der Waals surface area contributed by atoms with Crippen LogP contribution in [-0.2, 0) is 28.5 Å². The lowest BCUT2D eigenvalue weighted by atomic mass is 9.76. The minimum absolute atomic E-state index is 0.207. The van der Waals surface area contributed by atoms with Gasteiger partial charge in [0.1, 0.15) is 10.6 Å². The third-order valence-electron chi connectivity index (χ3n) is 8.66. The fourth-order valence-corrected chi connectivity index (χ4v) is 7.89. The van der Waals surface area contributed by atoms with Gasteiger partial charge in [0.15, 0.2) is 0 Å². The van der Waals surface area contributed by atoms with Gasteiger partial charge in [0, 0.05) is 50.2 Å². The first-order valence-electron chi connectivity index (χ1n) is 16.1. The number of hydrogen-bond acceptors (Lipinski definition) is 7. The van der Waals surface area contributed by atoms with Crippen molar-refractivity contribution in [2.75, 3.05) is 26.7 Å². The van der Waals surface area contributed by atoms with Crippen LogP contribution in [0.25, 0.3) is 0 Å². The summed E-state index contributed by atoms with van der Waals surface area (Å²) >= 11 is 0. The molecule has 2 aromatic carbocycles. The van der Waals surface area contributed by atoms with E-state index in [1.807, 2.05) is 44.2 Å². The molecule has 1 aromatic heterocycles. The van der Waals surface area contributed by atoms with Crippen molar-refractivity contribution < 1.29 is 18.3 Å². The first-order valence-corrected chi connectivity index (χ1v) is 17.5. The van der Waals surface area contributed by atoms with E-state index in [2.05, 4.69) is 39.9 Å². The zero-order valence-electron chi connectivity index (χ0n) is 26.5. The molecule has 2 atom stereocenters. The van der Waals surface area contributed by atoms with Crippen molar-refractivity contribution in [2.24, 2.45) is 0 Å². The molecular formula is C35H50N4O4S. The van der Waals surface area contributed by atoms with Gasteiger partial charge in [-0.25, -0.2) is 8.42 Å². The van der Waals surface area contributed by atoms with Crippen LogP contribution in [0.1, 0.15) is 75.5 Å². The number of nitrogens with one attached hydrogen (secondary N) is 2. The molecule has 0 spiro atoms. The molecule has 9 heteroatoms. The summed E-state index contributed by atoms with van der Waals surface area (Å²) in [5.74, 6) is 0.837. The van der Waals surface area contributed by atoms with Crippen LogP contribution in [0.15, 0.2) is 78.0 Å². The van der Waals surface area contributed by atoms with Gasteiger partial charge < -0.3 is 20.5 Å². The summed E-state index contributed by atoms with van der Waals surface area (Å²) in [6.45, 7) is 5.72. The average molecular weight is 623 g/mol. The van der Waals surface area contributed by atoms with Crippen molar-refractivity contribution in [1.29, 1.82) is 0 Å². The minimum atomic E-state index is -3.64. The quantitative estimate of drug-likeness (QED) is 0.185. The molecule has 8 nitrogen and oxygen atoms in total. The van der Waals surface area contributed by atoms with E-state index in [4.69, 9.17) is 4.74 Å². The average Bonchev–Trinajstić information content (AvgIpc) is 3.06. The minimum Gasteiger partial charge on any atom is -0.497 e. The molecule has 3 aromatic rings. The third kappa shape index (κ3) is 8.88. The Kier molecular flexibility index (Phi) is 12.8. The first-order chi connectivity index (χ1) is 21.3. The van der Waals surface area contributed by atoms with Crippen LogP contribution in [0, 0.1) is 0 Å². The standard InChI is InChI=1S/C35H50N4O4S/c1-4-19-39(20-5-2)44(41,42)32-21-29(24-36-26-32)25-37-33(22-28-13-8-6-9-14-28)34(40)27-38-35(17-10-7-11-18-35)30-15-12-16-31(23-30)43-3/h6,8-9,12-16,21,23-24,26,33-34,37-38,40H,4-5,7,10-11,17-20,22,25,27H2,1-3H3/t33-,34+/m0/s1. The van der Waals surface area contributed by atoms with Gasteiger partial charge in [-0.05, 0) is 67.0 Å². The van der Waals surface area contributed by atoms with Crippen molar-refractivity contribution in [2.45, 2.75) is 94.3 Å². The number of sulfonamides is 1. The number of methoxy groups -OCH3 is 1. The molecule has 1 saturated carbocycles. The van der Waals surface area contributed by atoms with Crippen molar-refractivity contribution in [3.8, 4) is 5.75 Å². The molecule has 0 aliphatic heterocycles. The van der Waals surface area contributed by atoms with E-state index in [0.717, 1.165) is 55.4 Å². The van der Waals surface area contributed by atoms with Crippen LogP contribution in [0.4, 0.5) is 0 Å². The van der Waals surface area contributed by atoms with E-state index in [-0.39, 0.29) is 16.5 Å². The predicted molar refractivity (Wildman–Crippen MR) is 176 cm³/mol. The van der Waals surface area contributed by atoms with Gasteiger partial charge in [0.2, 0.25) is 10.0 Å². The van der Waals surface area contributed by atoms with Gasteiger partial charge >= 0.3 is 0 Å². The van der Waals surface area contributed by atoms with Gasteiger partial charge in [-0.2, -0.15) is 4.31 Å². The maximum absolute atomic E-state index is 13.4. The summed E-state index contributed by atoms with van der Waals surface area (Å²) in [5, 5.41) is 19.0. The summed E-state index contributed by atoms with van der Waals surface area (Å²) in [6.07, 6.45) is 10.0. The Balaban J connectivity index is 1.51. The van der Waals surface area contributed by atoms with Crippen molar-refractivity contribution in [3.05, 3.63) is 89.7 Å². The summed E-state index contributed by atoms with van der Waals surface area (Å²) < 4.78 is 33.8. The Hall–Kier alpha value is -2.82. The highest BCUT2D eigenvalue weighted by molar-refractivity contribution is 7.89. The lowest BCUT2D eigenvalue weighted by molar-refractivity contribution is 0.103. The summed E-state index contributed by atoms with van der Waals surface area (Å²) in [4.78, 5) is 4.49. The highest BCUT2D eigenvalue weighted by atomic mass is 32.2. The van der Waals surface area contributed by atoms with Crippen molar-refractivity contribution >= 4 is 10.0 Å². The maximum Gasteiger partial charge on any atom is 0.244 e. The van der Waals surface area contributed by atoms with E-state index in [1.165, 1.54) is 22.5 Å². The van der Waals surface area contributed by atoms with E-state index >= 15 is 0 Å². The number of ether oxygens (including phenoxy) is 1. The summed E-state index contributed by atoms with van der Waals surface area (Å²) in [7, 11) is -1.94. The zero-order chi connectivity index (χ0) is 31.4. The molecule has 0 amide bonds. The first kappa shape index (κ1) is 34.1. The Morgan fingerprint density at radius 2 is 1.68 bits per heavy atom. The predicted octanol–water partition coefficient (Wildman–Crippen LogP) is 5.41. The van der Waals surface area contributed by atoms with E-state index < -0.39 is 16.1 Å². The SMILES string of the molecule is CCCN(CCC)S(=O)(=O)c1cncc(CN[C@@H](Cc2ccccc2)[C@H](O)CNC2(c3cccc(OC)c3)CCCCC2)c1. The Morgan fingerprint density at radius 3 is 2.36 bits per heavy atom. The van der Waals surface area contributed by atoms with Gasteiger partial charge in [0.25, 0.3) is 0 Å².